The molecule has 0 amide bonds. The highest BCUT2D eigenvalue weighted by Gasteiger charge is 2.25. The molecule has 30 heavy (non-hydrogen) atoms. The second kappa shape index (κ2) is 10.2. The molecule has 0 spiro atoms. The molecule has 7 heteroatoms. The summed E-state index contributed by atoms with van der Waals surface area (Å²) in [6, 6.07) is 16.1. The normalized spacial score (nSPS) is 17.7. The summed E-state index contributed by atoms with van der Waals surface area (Å²) in [5, 5.41) is 9.30. The number of likely N-dealkylation sites (tertiary alicyclic amines) is 1. The van der Waals surface area contributed by atoms with Gasteiger partial charge in [-0.05, 0) is 75.4 Å². The average molecular weight is 453 g/mol. The molecule has 0 aromatic heterocycles. The molecule has 0 radical (unpaired) electrons. The number of sulfonamides is 1. The van der Waals surface area contributed by atoms with Gasteiger partial charge in [-0.15, -0.1) is 12.4 Å². The van der Waals surface area contributed by atoms with Gasteiger partial charge in [-0.1, -0.05) is 36.4 Å². The number of rotatable bonds is 8. The van der Waals surface area contributed by atoms with Crippen LogP contribution in [0.3, 0.4) is 0 Å². The Hall–Kier alpha value is -1.44. The zero-order valence-electron chi connectivity index (χ0n) is 18.0. The van der Waals surface area contributed by atoms with Gasteiger partial charge in [0.05, 0.1) is 17.0 Å². The molecule has 3 rings (SSSR count). The third-order valence-electron chi connectivity index (χ3n) is 5.64. The van der Waals surface area contributed by atoms with Gasteiger partial charge >= 0.3 is 0 Å². The molecule has 1 atom stereocenters. The first-order valence-corrected chi connectivity index (χ1v) is 11.8. The van der Waals surface area contributed by atoms with Crippen molar-refractivity contribution in [3.8, 4) is 11.1 Å². The maximum absolute atomic E-state index is 12.5. The van der Waals surface area contributed by atoms with E-state index in [9.17, 15) is 13.5 Å². The number of nitrogens with zero attached hydrogens (tertiary/aromatic N) is 1. The van der Waals surface area contributed by atoms with E-state index in [4.69, 9.17) is 0 Å². The van der Waals surface area contributed by atoms with E-state index >= 15 is 0 Å². The van der Waals surface area contributed by atoms with Crippen molar-refractivity contribution < 1.29 is 13.5 Å². The van der Waals surface area contributed by atoms with Crippen LogP contribution < -0.4 is 4.72 Å². The van der Waals surface area contributed by atoms with Crippen molar-refractivity contribution >= 4 is 22.4 Å². The smallest absolute Gasteiger partial charge is 0.241 e. The molecule has 2 aromatic carbocycles. The summed E-state index contributed by atoms with van der Waals surface area (Å²) in [7, 11) is -3.67. The van der Waals surface area contributed by atoms with Crippen LogP contribution in [0.5, 0.6) is 0 Å². The molecule has 0 unspecified atom stereocenters. The maximum Gasteiger partial charge on any atom is 0.241 e. The van der Waals surface area contributed by atoms with Gasteiger partial charge < -0.3 is 10.0 Å². The minimum atomic E-state index is -3.67. The largest absolute Gasteiger partial charge is 0.394 e. The van der Waals surface area contributed by atoms with E-state index in [0.717, 1.165) is 24.1 Å². The molecule has 1 saturated heterocycles. The van der Waals surface area contributed by atoms with E-state index in [1.54, 1.807) is 26.0 Å². The molecular weight excluding hydrogens is 420 g/mol. The lowest BCUT2D eigenvalue weighted by Gasteiger charge is -2.23. The fraction of sp³-hybridized carbons (Fsp3) is 0.478. The molecule has 1 heterocycles. The lowest BCUT2D eigenvalue weighted by Crippen LogP contribution is -2.46. The monoisotopic (exact) mass is 452 g/mol. The van der Waals surface area contributed by atoms with Crippen molar-refractivity contribution in [2.24, 2.45) is 0 Å². The van der Waals surface area contributed by atoms with Crippen molar-refractivity contribution in [3.63, 3.8) is 0 Å². The Labute approximate surface area is 187 Å². The van der Waals surface area contributed by atoms with E-state index in [2.05, 4.69) is 40.8 Å². The zero-order valence-corrected chi connectivity index (χ0v) is 19.6. The van der Waals surface area contributed by atoms with Gasteiger partial charge in [-0.25, -0.2) is 13.1 Å². The topological polar surface area (TPSA) is 69.6 Å². The van der Waals surface area contributed by atoms with Gasteiger partial charge in [0.2, 0.25) is 10.0 Å². The first kappa shape index (κ1) is 24.8. The molecule has 0 saturated carbocycles. The Balaban J connectivity index is 0.00000320. The summed E-state index contributed by atoms with van der Waals surface area (Å²) < 4.78 is 27.5. The van der Waals surface area contributed by atoms with Crippen molar-refractivity contribution in [1.82, 2.24) is 9.62 Å². The second-order valence-corrected chi connectivity index (χ2v) is 10.3. The Bertz CT molecular complexity index is 912. The van der Waals surface area contributed by atoms with Gasteiger partial charge in [0.15, 0.2) is 0 Å². The summed E-state index contributed by atoms with van der Waals surface area (Å²) in [6.45, 7) is 7.63. The zero-order chi connectivity index (χ0) is 21.1. The van der Waals surface area contributed by atoms with Crippen molar-refractivity contribution in [2.75, 3.05) is 19.7 Å². The summed E-state index contributed by atoms with van der Waals surface area (Å²) >= 11 is 0. The Kier molecular flexibility index (Phi) is 8.48. The lowest BCUT2D eigenvalue weighted by molar-refractivity contribution is 0.208. The van der Waals surface area contributed by atoms with Gasteiger partial charge in [0, 0.05) is 12.6 Å². The number of hydrogen-bond donors (Lipinski definition) is 2. The van der Waals surface area contributed by atoms with Crippen molar-refractivity contribution in [2.45, 2.75) is 56.5 Å². The molecular formula is C23H33ClN2O3S. The van der Waals surface area contributed by atoms with Gasteiger partial charge in [0.25, 0.3) is 0 Å². The number of benzene rings is 2. The minimum Gasteiger partial charge on any atom is -0.394 e. The van der Waals surface area contributed by atoms with E-state index in [-0.39, 0.29) is 23.9 Å². The lowest BCUT2D eigenvalue weighted by atomic mass is 10.0. The average Bonchev–Trinajstić information content (AvgIpc) is 3.11. The number of aliphatic hydroxyl groups is 1. The first-order chi connectivity index (χ1) is 13.7. The summed E-state index contributed by atoms with van der Waals surface area (Å²) in [6.07, 6.45) is 3.66. The second-order valence-electron chi connectivity index (χ2n) is 8.65. The van der Waals surface area contributed by atoms with Crippen LogP contribution >= 0.6 is 12.4 Å². The first-order valence-electron chi connectivity index (χ1n) is 10.3. The van der Waals surface area contributed by atoms with Crippen LogP contribution in [0, 0.1) is 0 Å². The third kappa shape index (κ3) is 6.28. The fourth-order valence-corrected chi connectivity index (χ4v) is 5.15. The van der Waals surface area contributed by atoms with Crippen LogP contribution in [0.4, 0.5) is 0 Å². The highest BCUT2D eigenvalue weighted by Crippen LogP contribution is 2.23. The van der Waals surface area contributed by atoms with Crippen LogP contribution in [0.25, 0.3) is 11.1 Å². The Morgan fingerprint density at radius 2 is 1.63 bits per heavy atom. The summed E-state index contributed by atoms with van der Waals surface area (Å²) in [5.74, 6) is 0. The molecule has 2 N–H and O–H groups in total. The van der Waals surface area contributed by atoms with Gasteiger partial charge in [-0.3, -0.25) is 0 Å². The SMILES string of the molecule is C[C@@H]1CCCN1CCc1ccc(-c2ccc(S(=O)(=O)NC(C)(C)CO)cc2)cc1.Cl. The Morgan fingerprint density at radius 1 is 1.07 bits per heavy atom. The quantitative estimate of drug-likeness (QED) is 0.638. The van der Waals surface area contributed by atoms with Crippen LogP contribution in [-0.4, -0.2) is 49.7 Å². The molecule has 0 bridgehead atoms. The summed E-state index contributed by atoms with van der Waals surface area (Å²) in [5.41, 5.74) is 2.46. The third-order valence-corrected chi connectivity index (χ3v) is 7.35. The number of halogens is 1. The molecule has 1 aliphatic heterocycles. The van der Waals surface area contributed by atoms with Gasteiger partial charge in [0.1, 0.15) is 0 Å². The molecule has 2 aromatic rings. The number of nitrogens with one attached hydrogen (secondary N) is 1. The maximum atomic E-state index is 12.5. The van der Waals surface area contributed by atoms with Crippen LogP contribution in [0.15, 0.2) is 53.4 Å². The Morgan fingerprint density at radius 3 is 2.13 bits per heavy atom. The minimum absolute atomic E-state index is 0. The van der Waals surface area contributed by atoms with E-state index < -0.39 is 15.6 Å². The van der Waals surface area contributed by atoms with E-state index in [0.29, 0.717) is 6.04 Å². The molecule has 5 nitrogen and oxygen atoms in total. The molecule has 1 fully saturated rings. The standard InChI is InChI=1S/C23H32N2O3S.ClH/c1-18-5-4-15-25(18)16-14-19-6-8-20(9-7-19)21-10-12-22(13-11-21)29(27,28)24-23(2,3)17-26;/h6-13,18,24,26H,4-5,14-17H2,1-3H3;1H/t18-;/m1./s1. The summed E-state index contributed by atoms with van der Waals surface area (Å²) in [4.78, 5) is 2.75. The predicted molar refractivity (Wildman–Crippen MR) is 125 cm³/mol. The van der Waals surface area contributed by atoms with Crippen LogP contribution in [0.1, 0.15) is 39.2 Å². The fourth-order valence-electron chi connectivity index (χ4n) is 3.74. The number of hydrogen-bond acceptors (Lipinski definition) is 4. The van der Waals surface area contributed by atoms with Crippen molar-refractivity contribution in [1.29, 1.82) is 0 Å². The van der Waals surface area contributed by atoms with Gasteiger partial charge in [-0.2, -0.15) is 0 Å². The molecule has 1 aliphatic rings. The van der Waals surface area contributed by atoms with E-state index in [1.165, 1.54) is 24.9 Å². The number of aliphatic hydroxyl groups excluding tert-OH is 1. The molecule has 166 valence electrons. The molecule has 0 aliphatic carbocycles. The highest BCUT2D eigenvalue weighted by molar-refractivity contribution is 7.89. The van der Waals surface area contributed by atoms with Crippen LogP contribution in [-0.2, 0) is 16.4 Å². The van der Waals surface area contributed by atoms with E-state index in [1.807, 2.05) is 12.1 Å². The van der Waals surface area contributed by atoms with Crippen molar-refractivity contribution in [3.05, 3.63) is 54.1 Å². The predicted octanol–water partition coefficient (Wildman–Crippen LogP) is 3.85. The van der Waals surface area contributed by atoms with Crippen LogP contribution in [0.2, 0.25) is 0 Å². The highest BCUT2D eigenvalue weighted by atomic mass is 35.5.